The first-order valence-corrected chi connectivity index (χ1v) is 10.1. The number of esters is 1. The van der Waals surface area contributed by atoms with Crippen LogP contribution >= 0.6 is 0 Å². The number of hydrogen-bond acceptors (Lipinski definition) is 7. The molecule has 1 amide bonds. The van der Waals surface area contributed by atoms with Crippen molar-refractivity contribution in [3.8, 4) is 5.75 Å². The summed E-state index contributed by atoms with van der Waals surface area (Å²) in [5, 5.41) is 0. The second-order valence-corrected chi connectivity index (χ2v) is 7.80. The van der Waals surface area contributed by atoms with Crippen LogP contribution in [0.1, 0.15) is 46.1 Å². The average Bonchev–Trinajstić information content (AvgIpc) is 2.68. The Labute approximate surface area is 179 Å². The van der Waals surface area contributed by atoms with Gasteiger partial charge in [-0.25, -0.2) is 9.59 Å². The molecule has 0 spiro atoms. The number of unbranched alkanes of at least 4 members (excludes halogenated alkanes) is 1. The van der Waals surface area contributed by atoms with Crippen LogP contribution in [0.5, 0.6) is 5.75 Å². The van der Waals surface area contributed by atoms with Gasteiger partial charge in [0.15, 0.2) is 6.79 Å². The average molecular weight is 426 g/mol. The zero-order valence-electron chi connectivity index (χ0n) is 18.9. The molecule has 0 saturated carbocycles. The Kier molecular flexibility index (Phi) is 11.2. The number of carbonyl (C=O) groups is 2. The molecule has 30 heavy (non-hydrogen) atoms. The van der Waals surface area contributed by atoms with Crippen molar-refractivity contribution in [3.05, 3.63) is 29.8 Å². The number of benzene rings is 1. The van der Waals surface area contributed by atoms with Crippen molar-refractivity contribution < 1.29 is 33.3 Å². The topological polar surface area (TPSA) is 83.5 Å². The van der Waals surface area contributed by atoms with Gasteiger partial charge < -0.3 is 23.7 Å². The third kappa shape index (κ3) is 9.45. The Morgan fingerprint density at radius 1 is 1.07 bits per heavy atom. The maximum atomic E-state index is 12.8. The number of rotatable bonds is 12. The Balaban J connectivity index is 3.06. The van der Waals surface area contributed by atoms with Gasteiger partial charge in [0.25, 0.3) is 0 Å². The van der Waals surface area contributed by atoms with Crippen molar-refractivity contribution >= 4 is 12.1 Å². The predicted molar refractivity (Wildman–Crippen MR) is 112 cm³/mol. The molecule has 1 aromatic rings. The highest BCUT2D eigenvalue weighted by atomic mass is 16.7. The second kappa shape index (κ2) is 13.1. The van der Waals surface area contributed by atoms with Gasteiger partial charge in [0.05, 0.1) is 6.61 Å². The Morgan fingerprint density at radius 2 is 1.73 bits per heavy atom. The highest BCUT2D eigenvalue weighted by Crippen LogP contribution is 2.19. The van der Waals surface area contributed by atoms with Gasteiger partial charge in [-0.15, -0.1) is 0 Å². The molecule has 0 radical (unpaired) electrons. The highest BCUT2D eigenvalue weighted by Gasteiger charge is 2.34. The molecule has 0 bridgehead atoms. The fourth-order valence-corrected chi connectivity index (χ4v) is 2.54. The van der Waals surface area contributed by atoms with E-state index in [1.165, 1.54) is 12.0 Å². The van der Waals surface area contributed by atoms with E-state index in [4.69, 9.17) is 23.7 Å². The Morgan fingerprint density at radius 3 is 2.27 bits per heavy atom. The molecular formula is C22H35NO7. The molecule has 1 rings (SSSR count). The number of carbonyl (C=O) groups excluding carboxylic acids is 2. The smallest absolute Gasteiger partial charge is 0.412 e. The predicted octanol–water partition coefficient (Wildman–Crippen LogP) is 3.76. The summed E-state index contributed by atoms with van der Waals surface area (Å²) < 4.78 is 26.3. The first kappa shape index (κ1) is 25.7. The van der Waals surface area contributed by atoms with Gasteiger partial charge in [0.2, 0.25) is 0 Å². The van der Waals surface area contributed by atoms with E-state index in [-0.39, 0.29) is 19.9 Å². The van der Waals surface area contributed by atoms with Crippen LogP contribution in [0, 0.1) is 0 Å². The first-order chi connectivity index (χ1) is 14.2. The summed E-state index contributed by atoms with van der Waals surface area (Å²) in [5.41, 5.74) is 0.127. The number of methoxy groups -OCH3 is 2. The molecule has 0 aliphatic heterocycles. The van der Waals surface area contributed by atoms with Crippen LogP contribution in [0.2, 0.25) is 0 Å². The molecule has 0 unspecified atom stereocenters. The minimum atomic E-state index is -0.887. The van der Waals surface area contributed by atoms with E-state index < -0.39 is 23.7 Å². The minimum Gasteiger partial charge on any atom is -0.468 e. The lowest BCUT2D eigenvalue weighted by Gasteiger charge is -2.31. The highest BCUT2D eigenvalue weighted by molar-refractivity contribution is 5.82. The summed E-state index contributed by atoms with van der Waals surface area (Å²) in [7, 11) is 3.00. The third-order valence-electron chi connectivity index (χ3n) is 3.98. The third-order valence-corrected chi connectivity index (χ3v) is 3.98. The molecule has 0 N–H and O–H groups in total. The van der Waals surface area contributed by atoms with Crippen LogP contribution in [-0.4, -0.2) is 63.0 Å². The van der Waals surface area contributed by atoms with E-state index in [9.17, 15) is 9.59 Å². The lowest BCUT2D eigenvalue weighted by atomic mass is 10.0. The SMILES string of the molecule is CCCCOC(=O)[C@H](Cc1ccc(OCOC)cc1)N(COC)C(=O)OC(C)(C)C. The molecule has 0 aliphatic carbocycles. The van der Waals surface area contributed by atoms with Crippen molar-refractivity contribution in [2.75, 3.05) is 34.4 Å². The lowest BCUT2D eigenvalue weighted by molar-refractivity contribution is -0.152. The Bertz CT molecular complexity index is 640. The quantitative estimate of drug-likeness (QED) is 0.286. The fourth-order valence-electron chi connectivity index (χ4n) is 2.54. The van der Waals surface area contributed by atoms with Crippen LogP contribution in [0.4, 0.5) is 4.79 Å². The van der Waals surface area contributed by atoms with Crippen molar-refractivity contribution in [2.45, 2.75) is 58.6 Å². The van der Waals surface area contributed by atoms with Gasteiger partial charge in [0.1, 0.15) is 24.1 Å². The number of ether oxygens (including phenoxy) is 5. The molecule has 0 aliphatic rings. The monoisotopic (exact) mass is 425 g/mol. The molecule has 0 aromatic heterocycles. The van der Waals surface area contributed by atoms with Crippen LogP contribution in [0.15, 0.2) is 24.3 Å². The summed E-state index contributed by atoms with van der Waals surface area (Å²) in [5.74, 6) is 0.148. The normalized spacial score (nSPS) is 12.2. The zero-order chi connectivity index (χ0) is 22.6. The van der Waals surface area contributed by atoms with Gasteiger partial charge in [-0.3, -0.25) is 4.90 Å². The van der Waals surface area contributed by atoms with Crippen molar-refractivity contribution in [3.63, 3.8) is 0 Å². The largest absolute Gasteiger partial charge is 0.468 e. The fraction of sp³-hybridized carbons (Fsp3) is 0.636. The summed E-state index contributed by atoms with van der Waals surface area (Å²) >= 11 is 0. The zero-order valence-corrected chi connectivity index (χ0v) is 18.9. The first-order valence-electron chi connectivity index (χ1n) is 10.1. The van der Waals surface area contributed by atoms with Crippen molar-refractivity contribution in [1.82, 2.24) is 4.90 Å². The molecular weight excluding hydrogens is 390 g/mol. The van der Waals surface area contributed by atoms with E-state index in [0.29, 0.717) is 12.4 Å². The van der Waals surface area contributed by atoms with E-state index in [0.717, 1.165) is 18.4 Å². The number of amides is 1. The molecule has 0 saturated heterocycles. The van der Waals surface area contributed by atoms with E-state index in [2.05, 4.69) is 0 Å². The number of hydrogen-bond donors (Lipinski definition) is 0. The van der Waals surface area contributed by atoms with E-state index in [1.54, 1.807) is 40.0 Å². The van der Waals surface area contributed by atoms with Gasteiger partial charge in [0, 0.05) is 20.6 Å². The standard InChI is InChI=1S/C22H35NO7/c1-7-8-13-28-20(24)19(23(15-26-5)21(25)30-22(2,3)4)14-17-9-11-18(12-10-17)29-16-27-6/h9-12,19H,7-8,13-16H2,1-6H3/t19-/m0/s1. The molecule has 170 valence electrons. The molecule has 1 aromatic carbocycles. The van der Waals surface area contributed by atoms with Gasteiger partial charge in [-0.05, 0) is 44.9 Å². The molecule has 1 atom stereocenters. The molecule has 0 fully saturated rings. The van der Waals surface area contributed by atoms with Gasteiger partial charge in [-0.1, -0.05) is 25.5 Å². The lowest BCUT2D eigenvalue weighted by Crippen LogP contribution is -2.49. The summed E-state index contributed by atoms with van der Waals surface area (Å²) in [6.45, 7) is 7.65. The maximum Gasteiger partial charge on any atom is 0.412 e. The summed E-state index contributed by atoms with van der Waals surface area (Å²) in [6, 6.07) is 6.33. The van der Waals surface area contributed by atoms with Gasteiger partial charge in [-0.2, -0.15) is 0 Å². The second-order valence-electron chi connectivity index (χ2n) is 7.80. The van der Waals surface area contributed by atoms with E-state index in [1.807, 2.05) is 19.1 Å². The summed E-state index contributed by atoms with van der Waals surface area (Å²) in [4.78, 5) is 26.9. The molecule has 8 heteroatoms. The van der Waals surface area contributed by atoms with E-state index >= 15 is 0 Å². The summed E-state index contributed by atoms with van der Waals surface area (Å²) in [6.07, 6.45) is 1.26. The van der Waals surface area contributed by atoms with Crippen molar-refractivity contribution in [2.24, 2.45) is 0 Å². The maximum absolute atomic E-state index is 12.8. The van der Waals surface area contributed by atoms with Crippen LogP contribution in [0.3, 0.4) is 0 Å². The minimum absolute atomic E-state index is 0.0997. The molecule has 0 heterocycles. The number of nitrogens with zero attached hydrogens (tertiary/aromatic N) is 1. The van der Waals surface area contributed by atoms with Gasteiger partial charge >= 0.3 is 12.1 Å². The van der Waals surface area contributed by atoms with Crippen LogP contribution in [0.25, 0.3) is 0 Å². The van der Waals surface area contributed by atoms with Crippen LogP contribution in [-0.2, 0) is 30.2 Å². The Hall–Kier alpha value is -2.32. The van der Waals surface area contributed by atoms with Crippen molar-refractivity contribution in [1.29, 1.82) is 0 Å². The van der Waals surface area contributed by atoms with Crippen LogP contribution < -0.4 is 4.74 Å². The molecule has 8 nitrogen and oxygen atoms in total.